The molecule has 0 fully saturated rings. The molecule has 0 aliphatic carbocycles. The van der Waals surface area contributed by atoms with Crippen LogP contribution in [0.1, 0.15) is 60.1 Å². The predicted molar refractivity (Wildman–Crippen MR) is 156 cm³/mol. The van der Waals surface area contributed by atoms with Crippen LogP contribution in [0.15, 0.2) is 120 Å². The number of unbranched alkanes of at least 4 members (excludes halogenated alkanes) is 1. The zero-order chi connectivity index (χ0) is 27.0. The number of hydrogen-bond donors (Lipinski definition) is 0. The molecule has 0 radical (unpaired) electrons. The number of benzene rings is 4. The fraction of sp³-hybridized carbons (Fsp3) is 0.235. The van der Waals surface area contributed by atoms with Crippen LogP contribution >= 0.6 is 0 Å². The molecule has 2 heterocycles. The molecule has 202 valence electrons. The lowest BCUT2D eigenvalue weighted by molar-refractivity contribution is 0.0857. The highest BCUT2D eigenvalue weighted by atomic mass is 16.6. The Kier molecular flexibility index (Phi) is 8.04. The van der Waals surface area contributed by atoms with Gasteiger partial charge in [0.05, 0.1) is 24.6 Å². The van der Waals surface area contributed by atoms with Crippen molar-refractivity contribution in [3.05, 3.63) is 131 Å². The van der Waals surface area contributed by atoms with Gasteiger partial charge in [-0.15, -0.1) is 0 Å². The summed E-state index contributed by atoms with van der Waals surface area (Å²) >= 11 is 0. The van der Waals surface area contributed by atoms with Gasteiger partial charge in [-0.1, -0.05) is 95.2 Å². The first kappa shape index (κ1) is 25.7. The summed E-state index contributed by atoms with van der Waals surface area (Å²) in [4.78, 5) is 11.4. The van der Waals surface area contributed by atoms with Crippen molar-refractivity contribution in [2.24, 2.45) is 10.3 Å². The molecule has 0 saturated heterocycles. The zero-order valence-electron chi connectivity index (χ0n) is 22.3. The summed E-state index contributed by atoms with van der Waals surface area (Å²) in [6.45, 7) is 1.25. The van der Waals surface area contributed by atoms with E-state index in [1.165, 1.54) is 0 Å². The Morgan fingerprint density at radius 1 is 0.550 bits per heavy atom. The van der Waals surface area contributed by atoms with Gasteiger partial charge in [0.1, 0.15) is 11.5 Å². The predicted octanol–water partition coefficient (Wildman–Crippen LogP) is 7.66. The van der Waals surface area contributed by atoms with Crippen molar-refractivity contribution in [2.45, 2.75) is 37.9 Å². The Morgan fingerprint density at radius 2 is 1.00 bits per heavy atom. The number of ether oxygens (including phenoxy) is 2. The summed E-state index contributed by atoms with van der Waals surface area (Å²) in [5.74, 6) is 1.68. The molecule has 40 heavy (non-hydrogen) atoms. The van der Waals surface area contributed by atoms with Crippen LogP contribution in [-0.4, -0.2) is 24.6 Å². The number of rotatable bonds is 11. The van der Waals surface area contributed by atoms with Gasteiger partial charge in [-0.05, 0) is 48.2 Å². The van der Waals surface area contributed by atoms with Crippen LogP contribution in [0.5, 0.6) is 11.5 Å². The second kappa shape index (κ2) is 12.5. The lowest BCUT2D eigenvalue weighted by atomic mass is 10.0. The van der Waals surface area contributed by atoms with Crippen molar-refractivity contribution in [1.29, 1.82) is 0 Å². The Balaban J connectivity index is 0.927. The third-order valence-electron chi connectivity index (χ3n) is 7.09. The minimum atomic E-state index is -0.0350. The molecule has 0 amide bonds. The van der Waals surface area contributed by atoms with Crippen molar-refractivity contribution in [1.82, 2.24) is 0 Å². The fourth-order valence-corrected chi connectivity index (χ4v) is 4.90. The van der Waals surface area contributed by atoms with Gasteiger partial charge in [0.25, 0.3) is 0 Å². The Labute approximate surface area is 234 Å². The monoisotopic (exact) mass is 532 g/mol. The lowest BCUT2D eigenvalue weighted by Crippen LogP contribution is -2.05. The number of hydrogen-bond acceptors (Lipinski definition) is 6. The highest BCUT2D eigenvalue weighted by Crippen LogP contribution is 2.31. The molecular weight excluding hydrogens is 500 g/mol. The molecule has 0 N–H and O–H groups in total. The van der Waals surface area contributed by atoms with Crippen LogP contribution in [0.2, 0.25) is 0 Å². The molecule has 0 bridgehead atoms. The second-order valence-electron chi connectivity index (χ2n) is 9.95. The number of oxime groups is 2. The first-order chi connectivity index (χ1) is 19.8. The summed E-state index contributed by atoms with van der Waals surface area (Å²) < 4.78 is 12.0. The van der Waals surface area contributed by atoms with E-state index in [2.05, 4.69) is 46.7 Å². The van der Waals surface area contributed by atoms with Gasteiger partial charge >= 0.3 is 0 Å². The molecular formula is C34H32N2O4. The van der Waals surface area contributed by atoms with Crippen LogP contribution in [0.3, 0.4) is 0 Å². The standard InChI is InChI=1S/C34H32N2O4/c1-3-11-25(12-4-1)33-23-31(35-39-33)27-15-9-17-29(21-27)37-19-7-8-20-38-30-18-10-16-28(22-30)32-24-34(40-36-32)26-13-5-2-6-14-26/h1-6,9-18,21-22,33-34H,7-8,19-20,23-24H2. The van der Waals surface area contributed by atoms with Gasteiger partial charge in [0.15, 0.2) is 12.2 Å². The molecule has 2 aliphatic heterocycles. The Bertz CT molecular complexity index is 1360. The molecule has 4 aromatic rings. The maximum atomic E-state index is 6.02. The molecule has 0 saturated carbocycles. The molecule has 0 aromatic heterocycles. The fourth-order valence-electron chi connectivity index (χ4n) is 4.90. The zero-order valence-corrected chi connectivity index (χ0v) is 22.3. The lowest BCUT2D eigenvalue weighted by Gasteiger charge is -2.10. The van der Waals surface area contributed by atoms with Crippen LogP contribution in [-0.2, 0) is 9.68 Å². The Hall–Kier alpha value is -4.58. The maximum Gasteiger partial charge on any atom is 0.158 e. The first-order valence-corrected chi connectivity index (χ1v) is 13.8. The maximum absolute atomic E-state index is 6.02. The highest BCUT2D eigenvalue weighted by molar-refractivity contribution is 6.02. The van der Waals surface area contributed by atoms with E-state index < -0.39 is 0 Å². The quantitative estimate of drug-likeness (QED) is 0.186. The van der Waals surface area contributed by atoms with Crippen molar-refractivity contribution in [3.8, 4) is 11.5 Å². The summed E-state index contributed by atoms with van der Waals surface area (Å²) in [5.41, 5.74) is 6.24. The van der Waals surface area contributed by atoms with Gasteiger partial charge in [-0.3, -0.25) is 0 Å². The van der Waals surface area contributed by atoms with E-state index in [4.69, 9.17) is 19.1 Å². The van der Waals surface area contributed by atoms with Crippen molar-refractivity contribution >= 4 is 11.4 Å². The molecule has 2 unspecified atom stereocenters. The van der Waals surface area contributed by atoms with Crippen molar-refractivity contribution in [2.75, 3.05) is 13.2 Å². The molecule has 6 rings (SSSR count). The minimum absolute atomic E-state index is 0.0350. The van der Waals surface area contributed by atoms with E-state index in [0.29, 0.717) is 13.2 Å². The molecule has 4 aromatic carbocycles. The normalized spacial score (nSPS) is 17.9. The van der Waals surface area contributed by atoms with Gasteiger partial charge in [0, 0.05) is 24.0 Å². The van der Waals surface area contributed by atoms with Crippen LogP contribution < -0.4 is 9.47 Å². The Morgan fingerprint density at radius 3 is 1.45 bits per heavy atom. The molecule has 6 heteroatoms. The van der Waals surface area contributed by atoms with Crippen molar-refractivity contribution < 1.29 is 19.1 Å². The highest BCUT2D eigenvalue weighted by Gasteiger charge is 2.25. The van der Waals surface area contributed by atoms with Gasteiger partial charge in [0.2, 0.25) is 0 Å². The summed E-state index contributed by atoms with van der Waals surface area (Å²) in [7, 11) is 0. The van der Waals surface area contributed by atoms with Gasteiger partial charge < -0.3 is 19.1 Å². The van der Waals surface area contributed by atoms with Crippen molar-refractivity contribution in [3.63, 3.8) is 0 Å². The molecule has 6 nitrogen and oxygen atoms in total. The second-order valence-corrected chi connectivity index (χ2v) is 9.95. The van der Waals surface area contributed by atoms with Crippen LogP contribution in [0.25, 0.3) is 0 Å². The van der Waals surface area contributed by atoms with Crippen LogP contribution in [0.4, 0.5) is 0 Å². The van der Waals surface area contributed by atoms with Crippen LogP contribution in [0, 0.1) is 0 Å². The van der Waals surface area contributed by atoms with Gasteiger partial charge in [-0.2, -0.15) is 0 Å². The van der Waals surface area contributed by atoms with E-state index in [9.17, 15) is 0 Å². The van der Waals surface area contributed by atoms with E-state index in [1.807, 2.05) is 72.8 Å². The average molecular weight is 533 g/mol. The SMILES string of the molecule is c1ccc(C2CC(c3cccc(OCCCCOc4cccc(C5=NOC(c6ccccc6)C5)c4)c3)=NO2)cc1. The largest absolute Gasteiger partial charge is 0.494 e. The summed E-state index contributed by atoms with van der Waals surface area (Å²) in [6, 6.07) is 36.5. The first-order valence-electron chi connectivity index (χ1n) is 13.8. The minimum Gasteiger partial charge on any atom is -0.494 e. The molecule has 2 aliphatic rings. The third kappa shape index (κ3) is 6.34. The summed E-state index contributed by atoms with van der Waals surface area (Å²) in [5, 5.41) is 8.67. The van der Waals surface area contributed by atoms with E-state index >= 15 is 0 Å². The average Bonchev–Trinajstić information content (AvgIpc) is 3.72. The number of nitrogens with zero attached hydrogens (tertiary/aromatic N) is 2. The molecule has 0 spiro atoms. The van der Waals surface area contributed by atoms with E-state index in [-0.39, 0.29) is 12.2 Å². The van der Waals surface area contributed by atoms with Gasteiger partial charge in [-0.25, -0.2) is 0 Å². The third-order valence-corrected chi connectivity index (χ3v) is 7.09. The topological polar surface area (TPSA) is 61.6 Å². The summed E-state index contributed by atoms with van der Waals surface area (Å²) in [6.07, 6.45) is 3.21. The molecule has 2 atom stereocenters. The van der Waals surface area contributed by atoms with E-state index in [1.54, 1.807) is 0 Å². The van der Waals surface area contributed by atoms with E-state index in [0.717, 1.165) is 70.9 Å². The smallest absolute Gasteiger partial charge is 0.158 e.